The van der Waals surface area contributed by atoms with Crippen LogP contribution in [0.15, 0.2) is 53.8 Å². The minimum atomic E-state index is -4.18. The predicted octanol–water partition coefficient (Wildman–Crippen LogP) is 4.43. The molecular formula is C23H21ClFN5O4S. The SMILES string of the molecule is COc1ccc(C(=O)c2cn(C(C)C)c3ncnc(N)c23)cc1NS(=O)(=O)c1ccc(F)c(Cl)c1. The van der Waals surface area contributed by atoms with E-state index in [4.69, 9.17) is 22.1 Å². The second-order valence-electron chi connectivity index (χ2n) is 7.93. The van der Waals surface area contributed by atoms with Gasteiger partial charge in [-0.25, -0.2) is 22.8 Å². The fraction of sp³-hybridized carbons (Fsp3) is 0.174. The monoisotopic (exact) mass is 517 g/mol. The molecule has 0 aliphatic carbocycles. The first-order valence-electron chi connectivity index (χ1n) is 10.3. The van der Waals surface area contributed by atoms with E-state index in [2.05, 4.69) is 14.7 Å². The normalized spacial score (nSPS) is 11.7. The van der Waals surface area contributed by atoms with Gasteiger partial charge in [-0.3, -0.25) is 9.52 Å². The van der Waals surface area contributed by atoms with Crippen molar-refractivity contribution in [2.45, 2.75) is 24.8 Å². The molecule has 3 N–H and O–H groups in total. The molecule has 0 unspecified atom stereocenters. The molecule has 2 aromatic carbocycles. The number of ether oxygens (including phenoxy) is 1. The van der Waals surface area contributed by atoms with Crippen LogP contribution in [0.1, 0.15) is 35.8 Å². The number of carbonyl (C=O) groups is 1. The average Bonchev–Trinajstić information content (AvgIpc) is 3.21. The molecule has 0 saturated carbocycles. The second kappa shape index (κ2) is 9.16. The Hall–Kier alpha value is -3.70. The number of nitrogens with one attached hydrogen (secondary N) is 1. The molecule has 182 valence electrons. The number of halogens is 2. The Kier molecular flexibility index (Phi) is 6.39. The maximum absolute atomic E-state index is 13.5. The third-order valence-corrected chi connectivity index (χ3v) is 7.00. The Labute approximate surface area is 205 Å². The van der Waals surface area contributed by atoms with Crippen molar-refractivity contribution in [2.24, 2.45) is 0 Å². The van der Waals surface area contributed by atoms with E-state index in [9.17, 15) is 17.6 Å². The van der Waals surface area contributed by atoms with Crippen LogP contribution in [-0.4, -0.2) is 35.8 Å². The fourth-order valence-corrected chi connectivity index (χ4v) is 4.94. The topological polar surface area (TPSA) is 129 Å². The molecule has 0 aliphatic heterocycles. The lowest BCUT2D eigenvalue weighted by Gasteiger charge is -2.13. The Morgan fingerprint density at radius 3 is 2.60 bits per heavy atom. The van der Waals surface area contributed by atoms with E-state index >= 15 is 0 Å². The number of methoxy groups -OCH3 is 1. The standard InChI is InChI=1S/C23H21ClFN5O4S/c1-12(2)30-10-15(20-22(26)27-11-28-23(20)30)21(31)13-4-7-19(34-3)18(8-13)29-35(32,33)14-5-6-17(25)16(24)9-14/h4-12,29H,1-3H3,(H2,26,27,28). The van der Waals surface area contributed by atoms with Crippen molar-refractivity contribution in [3.8, 4) is 5.75 Å². The summed E-state index contributed by atoms with van der Waals surface area (Å²) in [5.74, 6) is -0.838. The molecule has 4 rings (SSSR count). The van der Waals surface area contributed by atoms with Gasteiger partial charge in [0.15, 0.2) is 5.78 Å². The Morgan fingerprint density at radius 2 is 1.94 bits per heavy atom. The first-order chi connectivity index (χ1) is 16.5. The van der Waals surface area contributed by atoms with Crippen LogP contribution >= 0.6 is 11.6 Å². The van der Waals surface area contributed by atoms with Gasteiger partial charge in [-0.1, -0.05) is 11.6 Å². The molecule has 0 spiro atoms. The van der Waals surface area contributed by atoms with Crippen LogP contribution < -0.4 is 15.2 Å². The number of nitrogen functional groups attached to an aromatic ring is 1. The van der Waals surface area contributed by atoms with E-state index in [1.807, 2.05) is 18.4 Å². The van der Waals surface area contributed by atoms with E-state index in [0.717, 1.165) is 18.2 Å². The fourth-order valence-electron chi connectivity index (χ4n) is 3.61. The summed E-state index contributed by atoms with van der Waals surface area (Å²) >= 11 is 5.74. The highest BCUT2D eigenvalue weighted by molar-refractivity contribution is 7.92. The van der Waals surface area contributed by atoms with Crippen LogP contribution in [0, 0.1) is 5.82 Å². The third kappa shape index (κ3) is 4.52. The van der Waals surface area contributed by atoms with E-state index in [0.29, 0.717) is 11.0 Å². The zero-order valence-corrected chi connectivity index (χ0v) is 20.5. The number of nitrogens with two attached hydrogens (primary N) is 1. The molecule has 0 aliphatic rings. The number of anilines is 2. The van der Waals surface area contributed by atoms with Crippen LogP contribution in [0.2, 0.25) is 5.02 Å². The van der Waals surface area contributed by atoms with Crippen LogP contribution in [0.5, 0.6) is 5.75 Å². The Balaban J connectivity index is 1.78. The largest absolute Gasteiger partial charge is 0.495 e. The van der Waals surface area contributed by atoms with Crippen LogP contribution in [0.4, 0.5) is 15.9 Å². The molecule has 12 heteroatoms. The Bertz CT molecular complexity index is 1570. The zero-order valence-electron chi connectivity index (χ0n) is 18.9. The molecule has 0 radical (unpaired) electrons. The van der Waals surface area contributed by atoms with Gasteiger partial charge in [0, 0.05) is 17.8 Å². The van der Waals surface area contributed by atoms with Gasteiger partial charge < -0.3 is 15.0 Å². The first kappa shape index (κ1) is 24.4. The minimum Gasteiger partial charge on any atom is -0.495 e. The van der Waals surface area contributed by atoms with Crippen LogP contribution in [0.25, 0.3) is 11.0 Å². The molecule has 0 fully saturated rings. The van der Waals surface area contributed by atoms with Crippen molar-refractivity contribution in [1.29, 1.82) is 0 Å². The number of hydrogen-bond acceptors (Lipinski definition) is 7. The first-order valence-corrected chi connectivity index (χ1v) is 12.2. The third-order valence-electron chi connectivity index (χ3n) is 5.35. The van der Waals surface area contributed by atoms with Crippen LogP contribution in [-0.2, 0) is 10.0 Å². The number of ketones is 1. The van der Waals surface area contributed by atoms with Gasteiger partial charge in [0.25, 0.3) is 10.0 Å². The summed E-state index contributed by atoms with van der Waals surface area (Å²) in [6, 6.07) is 7.33. The summed E-state index contributed by atoms with van der Waals surface area (Å²) in [7, 11) is -2.82. The summed E-state index contributed by atoms with van der Waals surface area (Å²) in [5, 5.41) is 0.0650. The second-order valence-corrected chi connectivity index (χ2v) is 10.0. The molecule has 2 aromatic heterocycles. The van der Waals surface area contributed by atoms with Crippen molar-refractivity contribution in [3.05, 3.63) is 70.9 Å². The lowest BCUT2D eigenvalue weighted by molar-refractivity contribution is 0.104. The maximum atomic E-state index is 13.5. The molecule has 0 amide bonds. The number of sulfonamides is 1. The number of nitrogens with zero attached hydrogens (tertiary/aromatic N) is 3. The molecule has 4 aromatic rings. The summed E-state index contributed by atoms with van der Waals surface area (Å²) < 4.78 is 48.8. The summed E-state index contributed by atoms with van der Waals surface area (Å²) in [6.45, 7) is 3.88. The number of rotatable bonds is 7. The zero-order chi connectivity index (χ0) is 25.5. The van der Waals surface area contributed by atoms with E-state index in [-0.39, 0.29) is 44.3 Å². The lowest BCUT2D eigenvalue weighted by Crippen LogP contribution is -2.14. The lowest BCUT2D eigenvalue weighted by atomic mass is 10.0. The van der Waals surface area contributed by atoms with E-state index in [1.54, 1.807) is 6.20 Å². The van der Waals surface area contributed by atoms with Crippen molar-refractivity contribution >= 4 is 49.9 Å². The number of hydrogen-bond donors (Lipinski definition) is 2. The quantitative estimate of drug-likeness (QED) is 0.347. The van der Waals surface area contributed by atoms with Gasteiger partial charge in [-0.15, -0.1) is 0 Å². The summed E-state index contributed by atoms with van der Waals surface area (Å²) in [6.07, 6.45) is 2.98. The molecular weight excluding hydrogens is 497 g/mol. The van der Waals surface area contributed by atoms with Gasteiger partial charge in [0.1, 0.15) is 29.4 Å². The van der Waals surface area contributed by atoms with Crippen molar-refractivity contribution in [3.63, 3.8) is 0 Å². The van der Waals surface area contributed by atoms with Gasteiger partial charge in [0.2, 0.25) is 0 Å². The molecule has 2 heterocycles. The van der Waals surface area contributed by atoms with Gasteiger partial charge >= 0.3 is 0 Å². The minimum absolute atomic E-state index is 0.00544. The molecule has 0 saturated heterocycles. The van der Waals surface area contributed by atoms with Crippen molar-refractivity contribution in [1.82, 2.24) is 14.5 Å². The number of benzene rings is 2. The highest BCUT2D eigenvalue weighted by atomic mass is 35.5. The van der Waals surface area contributed by atoms with Gasteiger partial charge in [0.05, 0.1) is 33.7 Å². The Morgan fingerprint density at radius 1 is 1.20 bits per heavy atom. The highest BCUT2D eigenvalue weighted by Gasteiger charge is 2.24. The van der Waals surface area contributed by atoms with Crippen molar-refractivity contribution < 1.29 is 22.3 Å². The maximum Gasteiger partial charge on any atom is 0.262 e. The summed E-state index contributed by atoms with van der Waals surface area (Å²) in [5.41, 5.74) is 7.04. The molecule has 0 atom stereocenters. The highest BCUT2D eigenvalue weighted by Crippen LogP contribution is 2.32. The molecule has 9 nitrogen and oxygen atoms in total. The number of aromatic nitrogens is 3. The molecule has 35 heavy (non-hydrogen) atoms. The van der Waals surface area contributed by atoms with Crippen molar-refractivity contribution in [2.75, 3.05) is 17.6 Å². The smallest absolute Gasteiger partial charge is 0.262 e. The summed E-state index contributed by atoms with van der Waals surface area (Å²) in [4.78, 5) is 21.5. The van der Waals surface area contributed by atoms with Gasteiger partial charge in [-0.2, -0.15) is 0 Å². The van der Waals surface area contributed by atoms with E-state index < -0.39 is 21.6 Å². The number of carbonyl (C=O) groups excluding carboxylic acids is 1. The predicted molar refractivity (Wildman–Crippen MR) is 131 cm³/mol. The molecule has 0 bridgehead atoms. The number of fused-ring (bicyclic) bond motifs is 1. The van der Waals surface area contributed by atoms with E-state index in [1.165, 1.54) is 31.6 Å². The van der Waals surface area contributed by atoms with Crippen LogP contribution in [0.3, 0.4) is 0 Å². The van der Waals surface area contributed by atoms with Gasteiger partial charge in [-0.05, 0) is 50.2 Å². The average molecular weight is 518 g/mol.